The SMILES string of the molecule is Cc1cc(C)n(CC(C)NC(=O)C2CN(C(=O)c3cccc(Cn4ccnc4C)c3)C2)n1. The van der Waals surface area contributed by atoms with Gasteiger partial charge in [-0.15, -0.1) is 0 Å². The lowest BCUT2D eigenvalue weighted by atomic mass is 9.97. The van der Waals surface area contributed by atoms with Crippen LogP contribution >= 0.6 is 0 Å². The number of rotatable bonds is 7. The average Bonchev–Trinajstić information content (AvgIpc) is 3.24. The maximum atomic E-state index is 12.9. The molecular formula is C24H30N6O2. The molecule has 2 amide bonds. The summed E-state index contributed by atoms with van der Waals surface area (Å²) in [6.45, 7) is 10.1. The molecule has 1 atom stereocenters. The van der Waals surface area contributed by atoms with Gasteiger partial charge in [-0.2, -0.15) is 5.10 Å². The van der Waals surface area contributed by atoms with Crippen LogP contribution in [0.5, 0.6) is 0 Å². The first-order valence-corrected chi connectivity index (χ1v) is 11.0. The number of nitrogens with zero attached hydrogens (tertiary/aromatic N) is 5. The smallest absolute Gasteiger partial charge is 0.253 e. The highest BCUT2D eigenvalue weighted by atomic mass is 16.2. The summed E-state index contributed by atoms with van der Waals surface area (Å²) < 4.78 is 3.95. The van der Waals surface area contributed by atoms with Crippen LogP contribution in [0.25, 0.3) is 0 Å². The molecule has 0 bridgehead atoms. The van der Waals surface area contributed by atoms with Crippen LogP contribution in [0, 0.1) is 26.7 Å². The molecular weight excluding hydrogens is 404 g/mol. The van der Waals surface area contributed by atoms with E-state index in [9.17, 15) is 9.59 Å². The predicted molar refractivity (Wildman–Crippen MR) is 121 cm³/mol. The number of carbonyl (C=O) groups excluding carboxylic acids is 2. The molecule has 32 heavy (non-hydrogen) atoms. The van der Waals surface area contributed by atoms with Crippen molar-refractivity contribution in [2.45, 2.75) is 46.8 Å². The number of hydrogen-bond acceptors (Lipinski definition) is 4. The molecule has 0 radical (unpaired) electrons. The number of likely N-dealkylation sites (tertiary alicyclic amines) is 1. The molecule has 3 heterocycles. The first kappa shape index (κ1) is 21.8. The van der Waals surface area contributed by atoms with E-state index in [2.05, 4.69) is 15.4 Å². The van der Waals surface area contributed by atoms with Crippen LogP contribution in [0.1, 0.15) is 40.1 Å². The molecule has 0 aliphatic carbocycles. The van der Waals surface area contributed by atoms with Crippen molar-refractivity contribution in [1.29, 1.82) is 0 Å². The van der Waals surface area contributed by atoms with E-state index in [1.165, 1.54) is 0 Å². The van der Waals surface area contributed by atoms with Gasteiger partial charge in [-0.25, -0.2) is 4.98 Å². The highest BCUT2D eigenvalue weighted by molar-refractivity contribution is 5.96. The van der Waals surface area contributed by atoms with Gasteiger partial charge >= 0.3 is 0 Å². The maximum absolute atomic E-state index is 12.9. The van der Waals surface area contributed by atoms with Crippen LogP contribution in [-0.4, -0.2) is 55.2 Å². The molecule has 1 N–H and O–H groups in total. The zero-order valence-corrected chi connectivity index (χ0v) is 19.1. The second kappa shape index (κ2) is 8.98. The van der Waals surface area contributed by atoms with Crippen LogP contribution in [0.15, 0.2) is 42.7 Å². The summed E-state index contributed by atoms with van der Waals surface area (Å²) in [4.78, 5) is 31.5. The van der Waals surface area contributed by atoms with Crippen LogP contribution in [-0.2, 0) is 17.9 Å². The Morgan fingerprint density at radius 3 is 2.62 bits per heavy atom. The highest BCUT2D eigenvalue weighted by Crippen LogP contribution is 2.20. The number of aryl methyl sites for hydroxylation is 3. The summed E-state index contributed by atoms with van der Waals surface area (Å²) in [5, 5.41) is 7.51. The number of hydrogen-bond donors (Lipinski definition) is 1. The Kier molecular flexibility index (Phi) is 6.12. The van der Waals surface area contributed by atoms with Gasteiger partial charge in [0.1, 0.15) is 5.82 Å². The van der Waals surface area contributed by atoms with Gasteiger partial charge in [0, 0.05) is 49.3 Å². The normalized spacial score (nSPS) is 14.8. The molecule has 1 aromatic carbocycles. The molecule has 168 valence electrons. The molecule has 1 fully saturated rings. The lowest BCUT2D eigenvalue weighted by Gasteiger charge is -2.38. The summed E-state index contributed by atoms with van der Waals surface area (Å²) in [7, 11) is 0. The quantitative estimate of drug-likeness (QED) is 0.619. The van der Waals surface area contributed by atoms with Gasteiger partial charge in [0.25, 0.3) is 5.91 Å². The van der Waals surface area contributed by atoms with Crippen molar-refractivity contribution in [3.63, 3.8) is 0 Å². The molecule has 4 rings (SSSR count). The number of amides is 2. The third-order valence-electron chi connectivity index (χ3n) is 5.93. The van der Waals surface area contributed by atoms with Gasteiger partial charge < -0.3 is 14.8 Å². The molecule has 1 aliphatic rings. The minimum Gasteiger partial charge on any atom is -0.351 e. The maximum Gasteiger partial charge on any atom is 0.253 e. The molecule has 0 spiro atoms. The Bertz CT molecular complexity index is 1130. The topological polar surface area (TPSA) is 85.0 Å². The van der Waals surface area contributed by atoms with Gasteiger partial charge in [-0.3, -0.25) is 14.3 Å². The lowest BCUT2D eigenvalue weighted by molar-refractivity contribution is -0.129. The number of aromatic nitrogens is 4. The van der Waals surface area contributed by atoms with E-state index in [4.69, 9.17) is 0 Å². The average molecular weight is 435 g/mol. The zero-order valence-electron chi connectivity index (χ0n) is 19.1. The van der Waals surface area contributed by atoms with Crippen molar-refractivity contribution in [2.24, 2.45) is 5.92 Å². The summed E-state index contributed by atoms with van der Waals surface area (Å²) in [6, 6.07) is 9.65. The summed E-state index contributed by atoms with van der Waals surface area (Å²) in [6.07, 6.45) is 3.70. The van der Waals surface area contributed by atoms with Crippen molar-refractivity contribution in [2.75, 3.05) is 13.1 Å². The molecule has 2 aromatic heterocycles. The van der Waals surface area contributed by atoms with E-state index in [0.717, 1.165) is 22.8 Å². The predicted octanol–water partition coefficient (Wildman–Crippen LogP) is 2.33. The standard InChI is InChI=1S/C24H30N6O2/c1-16-10-18(3)30(27-16)12-17(2)26-23(31)22-14-29(15-22)24(32)21-7-5-6-20(11-21)13-28-9-8-25-19(28)4/h5-11,17,22H,12-15H2,1-4H3,(H,26,31). The third kappa shape index (κ3) is 4.74. The number of benzene rings is 1. The second-order valence-corrected chi connectivity index (χ2v) is 8.73. The monoisotopic (exact) mass is 434 g/mol. The minimum atomic E-state index is -0.168. The van der Waals surface area contributed by atoms with E-state index < -0.39 is 0 Å². The molecule has 0 saturated carbocycles. The fourth-order valence-corrected chi connectivity index (χ4v) is 4.09. The summed E-state index contributed by atoms with van der Waals surface area (Å²) in [5.41, 5.74) is 3.75. The van der Waals surface area contributed by atoms with E-state index >= 15 is 0 Å². The molecule has 1 aliphatic heterocycles. The van der Waals surface area contributed by atoms with E-state index in [1.807, 2.05) is 73.5 Å². The number of nitrogens with one attached hydrogen (secondary N) is 1. The van der Waals surface area contributed by atoms with Gasteiger partial charge in [0.15, 0.2) is 0 Å². The van der Waals surface area contributed by atoms with Crippen LogP contribution in [0.4, 0.5) is 0 Å². The van der Waals surface area contributed by atoms with Gasteiger partial charge in [0.2, 0.25) is 5.91 Å². The van der Waals surface area contributed by atoms with Gasteiger partial charge in [0.05, 0.1) is 18.2 Å². The Labute approximate surface area is 188 Å². The van der Waals surface area contributed by atoms with Crippen molar-refractivity contribution in [3.05, 3.63) is 71.1 Å². The summed E-state index contributed by atoms with van der Waals surface area (Å²) >= 11 is 0. The number of carbonyl (C=O) groups is 2. The number of imidazole rings is 1. The molecule has 8 heteroatoms. The molecule has 1 saturated heterocycles. The van der Waals surface area contributed by atoms with Crippen molar-refractivity contribution in [3.8, 4) is 0 Å². The molecule has 8 nitrogen and oxygen atoms in total. The van der Waals surface area contributed by atoms with Crippen molar-refractivity contribution >= 4 is 11.8 Å². The fourth-order valence-electron chi connectivity index (χ4n) is 4.09. The third-order valence-corrected chi connectivity index (χ3v) is 5.93. The minimum absolute atomic E-state index is 0.00702. The van der Waals surface area contributed by atoms with Crippen molar-refractivity contribution in [1.82, 2.24) is 29.5 Å². The first-order valence-electron chi connectivity index (χ1n) is 11.0. The van der Waals surface area contributed by atoms with E-state index in [-0.39, 0.29) is 23.8 Å². The first-order chi connectivity index (χ1) is 15.3. The Morgan fingerprint density at radius 2 is 1.97 bits per heavy atom. The summed E-state index contributed by atoms with van der Waals surface area (Å²) in [5.74, 6) is 0.727. The molecule has 3 aromatic rings. The van der Waals surface area contributed by atoms with Crippen LogP contribution in [0.3, 0.4) is 0 Å². The zero-order chi connectivity index (χ0) is 22.8. The van der Waals surface area contributed by atoms with E-state index in [0.29, 0.717) is 31.7 Å². The Balaban J connectivity index is 1.29. The highest BCUT2D eigenvalue weighted by Gasteiger charge is 2.36. The Morgan fingerprint density at radius 1 is 1.19 bits per heavy atom. The van der Waals surface area contributed by atoms with Crippen LogP contribution in [0.2, 0.25) is 0 Å². The van der Waals surface area contributed by atoms with Gasteiger partial charge in [-0.05, 0) is 51.5 Å². The van der Waals surface area contributed by atoms with Crippen LogP contribution < -0.4 is 5.32 Å². The lowest BCUT2D eigenvalue weighted by Crippen LogP contribution is -2.57. The van der Waals surface area contributed by atoms with E-state index in [1.54, 1.807) is 11.1 Å². The fraction of sp³-hybridized carbons (Fsp3) is 0.417. The second-order valence-electron chi connectivity index (χ2n) is 8.73. The Hall–Kier alpha value is -3.42. The molecule has 1 unspecified atom stereocenters. The van der Waals surface area contributed by atoms with Gasteiger partial charge in [-0.1, -0.05) is 12.1 Å². The van der Waals surface area contributed by atoms with Crippen molar-refractivity contribution < 1.29 is 9.59 Å². The largest absolute Gasteiger partial charge is 0.351 e.